The van der Waals surface area contributed by atoms with Gasteiger partial charge in [0.05, 0.1) is 32.0 Å². The first kappa shape index (κ1) is 59.1. The van der Waals surface area contributed by atoms with Crippen molar-refractivity contribution in [2.75, 3.05) is 59.1 Å². The molecule has 2 fully saturated rings. The van der Waals surface area contributed by atoms with Crippen LogP contribution >= 0.6 is 11.6 Å². The van der Waals surface area contributed by atoms with Crippen LogP contribution < -0.4 is 52.4 Å². The monoisotopic (exact) mass is 1150 g/mol. The third kappa shape index (κ3) is 17.4. The van der Waals surface area contributed by atoms with E-state index in [1.54, 1.807) is 12.1 Å². The molecule has 0 bridgehead atoms. The number of nitro benzene ring substituents is 2. The highest BCUT2D eigenvalue weighted by Crippen LogP contribution is 2.27. The Morgan fingerprint density at radius 3 is 1.42 bits per heavy atom. The summed E-state index contributed by atoms with van der Waals surface area (Å²) >= 11 is 4.92. The molecule has 0 aliphatic carbocycles. The number of nitrogens with zero attached hydrogens (tertiary/aromatic N) is 8. The second-order valence-electron chi connectivity index (χ2n) is 17.4. The molecule has 9 N–H and O–H groups in total. The number of halogens is 1. The number of non-ortho nitro benzene ring substituents is 2. The summed E-state index contributed by atoms with van der Waals surface area (Å²) in [5, 5.41) is 29.7. The van der Waals surface area contributed by atoms with Gasteiger partial charge in [-0.2, -0.15) is 0 Å². The van der Waals surface area contributed by atoms with E-state index >= 15 is 0 Å². The maximum Gasteiger partial charge on any atom is 0.412 e. The molecule has 4 aromatic carbocycles. The minimum Gasteiger partial charge on any atom is -0.414 e. The fraction of sp³-hybridized carbons (Fsp3) is 0.250. The Labute approximate surface area is 455 Å². The SMILES string of the molecule is CS(=O)(=O)c1ccc(Nc2nc(N3CCCC(N)C3)cnc2C(N)=O)cc1.CS(=O)(=O)c1ccc(Nc2nc(N3CCCC(NC(=O)Oc4ccc([N+](=O)[O-])cc4)C3)cnc2C(N)=O)cc1.O=C(Cl)Oc1ccc([N+](=O)[O-])cc1. The molecule has 2 unspecified atom stereocenters. The van der Waals surface area contributed by atoms with E-state index in [1.165, 1.54) is 97.3 Å². The van der Waals surface area contributed by atoms with E-state index in [4.69, 9.17) is 33.5 Å². The van der Waals surface area contributed by atoms with Crippen molar-refractivity contribution in [3.63, 3.8) is 0 Å². The van der Waals surface area contributed by atoms with Crippen LogP contribution in [0.5, 0.6) is 11.5 Å². The van der Waals surface area contributed by atoms with Gasteiger partial charge < -0.3 is 52.4 Å². The van der Waals surface area contributed by atoms with Crippen LogP contribution in [0.2, 0.25) is 0 Å². The summed E-state index contributed by atoms with van der Waals surface area (Å²) in [5.41, 5.74) is 16.7. The van der Waals surface area contributed by atoms with E-state index in [2.05, 4.69) is 40.6 Å². The molecule has 2 saturated heterocycles. The summed E-state index contributed by atoms with van der Waals surface area (Å²) < 4.78 is 56.3. The van der Waals surface area contributed by atoms with Gasteiger partial charge in [-0.15, -0.1) is 0 Å². The number of aromatic nitrogens is 4. The molecular weight excluding hydrogens is 1100 g/mol. The number of benzene rings is 4. The van der Waals surface area contributed by atoms with Crippen LogP contribution in [-0.2, 0) is 19.7 Å². The van der Waals surface area contributed by atoms with Crippen molar-refractivity contribution in [1.29, 1.82) is 0 Å². The predicted octanol–water partition coefficient (Wildman–Crippen LogP) is 5.37. The van der Waals surface area contributed by atoms with Gasteiger partial charge in [0.25, 0.3) is 23.2 Å². The molecule has 0 radical (unpaired) electrons. The molecule has 4 heterocycles. The molecule has 0 saturated carbocycles. The zero-order chi connectivity index (χ0) is 57.6. The number of nitro groups is 2. The minimum absolute atomic E-state index is 0.00671. The number of nitrogens with one attached hydrogen (secondary N) is 3. The number of hydrogen-bond acceptors (Lipinski definition) is 23. The lowest BCUT2D eigenvalue weighted by Gasteiger charge is -2.33. The highest BCUT2D eigenvalue weighted by Gasteiger charge is 2.26. The number of piperidine rings is 2. The number of hydrogen-bond donors (Lipinski definition) is 6. The van der Waals surface area contributed by atoms with Crippen molar-refractivity contribution in [3.05, 3.63) is 141 Å². The van der Waals surface area contributed by atoms with Crippen molar-refractivity contribution < 1.29 is 55.3 Å². The standard InChI is InChI=1S/C24H25N7O7S.C17H22N6O3S.C7H4ClNO4/c1-39(36,37)19-10-4-15(5-11-19)27-23-21(22(25)32)26-13-20(29-23)30-12-2-3-16(14-30)28-24(33)38-18-8-6-17(7-9-18)31(34)35;1-27(25,26)13-6-4-12(5-7-13)21-17-15(16(19)24)20-9-14(22-17)23-8-2-3-11(18)10-23;8-7(10)13-6-3-1-5(2-4-6)9(11)12/h4-11,13,16H,2-3,12,14H2,1H3,(H2,25,32)(H,27,29)(H,28,33);4-7,9,11H,2-3,8,10,18H2,1H3,(H2,19,24)(H,21,22);1-4H. The van der Waals surface area contributed by atoms with Crippen molar-refractivity contribution >= 4 is 101 Å². The highest BCUT2D eigenvalue weighted by atomic mass is 35.5. The van der Waals surface area contributed by atoms with Gasteiger partial charge in [-0.1, -0.05) is 0 Å². The topological polar surface area (TPSA) is 413 Å². The fourth-order valence-corrected chi connectivity index (χ4v) is 8.98. The van der Waals surface area contributed by atoms with E-state index in [-0.39, 0.29) is 67.8 Å². The molecule has 8 rings (SSSR count). The average molecular weight is 1150 g/mol. The molecule has 79 heavy (non-hydrogen) atoms. The summed E-state index contributed by atoms with van der Waals surface area (Å²) in [6.45, 7) is 2.46. The Balaban J connectivity index is 0.000000217. The van der Waals surface area contributed by atoms with Crippen LogP contribution in [0.1, 0.15) is 46.7 Å². The maximum absolute atomic E-state index is 12.4. The molecule has 31 heteroatoms. The number of carbonyl (C=O) groups is 4. The third-order valence-corrected chi connectivity index (χ3v) is 13.8. The Morgan fingerprint density at radius 2 is 1.04 bits per heavy atom. The summed E-state index contributed by atoms with van der Waals surface area (Å²) in [6, 6.07) is 22.0. The molecule has 2 atom stereocenters. The van der Waals surface area contributed by atoms with Crippen molar-refractivity contribution in [2.24, 2.45) is 17.2 Å². The van der Waals surface area contributed by atoms with Crippen molar-refractivity contribution in [3.8, 4) is 11.5 Å². The van der Waals surface area contributed by atoms with Crippen LogP contribution in [0.25, 0.3) is 0 Å². The maximum atomic E-state index is 12.4. The quantitative estimate of drug-likeness (QED) is 0.0427. The molecule has 28 nitrogen and oxygen atoms in total. The molecule has 2 aliphatic rings. The molecule has 2 aliphatic heterocycles. The van der Waals surface area contributed by atoms with Crippen LogP contribution in [0.3, 0.4) is 0 Å². The second kappa shape index (κ2) is 26.3. The minimum atomic E-state index is -3.37. The van der Waals surface area contributed by atoms with Gasteiger partial charge in [0.15, 0.2) is 42.7 Å². The second-order valence-corrected chi connectivity index (χ2v) is 21.8. The van der Waals surface area contributed by atoms with E-state index in [0.29, 0.717) is 49.1 Å². The first-order valence-corrected chi connectivity index (χ1v) is 27.6. The summed E-state index contributed by atoms with van der Waals surface area (Å²) in [5.74, 6) is 0.183. The Hall–Kier alpha value is -9.13. The third-order valence-electron chi connectivity index (χ3n) is 11.4. The molecule has 6 aromatic rings. The van der Waals surface area contributed by atoms with Gasteiger partial charge in [0.2, 0.25) is 0 Å². The first-order chi connectivity index (χ1) is 37.3. The largest absolute Gasteiger partial charge is 0.414 e. The number of carbonyl (C=O) groups excluding carboxylic acids is 4. The highest BCUT2D eigenvalue weighted by molar-refractivity contribution is 7.91. The van der Waals surface area contributed by atoms with Crippen molar-refractivity contribution in [2.45, 2.75) is 47.6 Å². The molecule has 3 amide bonds. The van der Waals surface area contributed by atoms with E-state index in [0.717, 1.165) is 38.3 Å². The number of amides is 3. The van der Waals surface area contributed by atoms with E-state index < -0.39 is 52.9 Å². The Morgan fingerprint density at radius 1 is 0.633 bits per heavy atom. The van der Waals surface area contributed by atoms with E-state index in [1.807, 2.05) is 9.80 Å². The number of primary amides is 2. The lowest BCUT2D eigenvalue weighted by Crippen LogP contribution is -2.48. The van der Waals surface area contributed by atoms with Crippen molar-refractivity contribution in [1.82, 2.24) is 25.3 Å². The van der Waals surface area contributed by atoms with Crippen LogP contribution in [0.15, 0.2) is 119 Å². The molecule has 0 spiro atoms. The number of ether oxygens (including phenoxy) is 2. The lowest BCUT2D eigenvalue weighted by atomic mass is 10.1. The van der Waals surface area contributed by atoms with Gasteiger partial charge in [-0.25, -0.2) is 46.4 Å². The number of nitrogens with two attached hydrogens (primary N) is 3. The fourth-order valence-electron chi connectivity index (χ4n) is 7.63. The predicted molar refractivity (Wildman–Crippen MR) is 289 cm³/mol. The smallest absolute Gasteiger partial charge is 0.412 e. The summed E-state index contributed by atoms with van der Waals surface area (Å²) in [6.07, 6.45) is 7.77. The van der Waals surface area contributed by atoms with Gasteiger partial charge in [-0.05, 0) is 98.5 Å². The van der Waals surface area contributed by atoms with Crippen LogP contribution in [0.4, 0.5) is 55.6 Å². The number of anilines is 6. The zero-order valence-corrected chi connectivity index (χ0v) is 44.3. The van der Waals surface area contributed by atoms with Gasteiger partial charge in [0.1, 0.15) is 23.1 Å². The van der Waals surface area contributed by atoms with Gasteiger partial charge >= 0.3 is 11.5 Å². The molecule has 416 valence electrons. The van der Waals surface area contributed by atoms with Crippen LogP contribution in [0, 0.1) is 20.2 Å². The normalized spacial score (nSPS) is 15.1. The van der Waals surface area contributed by atoms with Gasteiger partial charge in [0, 0.05) is 98.0 Å². The first-order valence-electron chi connectivity index (χ1n) is 23.4. The average Bonchev–Trinajstić information content (AvgIpc) is 3.43. The Bertz CT molecular complexity index is 3440. The van der Waals surface area contributed by atoms with Crippen LogP contribution in [-0.4, -0.2) is 121 Å². The van der Waals surface area contributed by atoms with E-state index in [9.17, 15) is 56.2 Å². The molecular formula is C48H51ClN14O14S2. The number of sulfone groups is 2. The number of rotatable bonds is 15. The van der Waals surface area contributed by atoms with Gasteiger partial charge in [-0.3, -0.25) is 29.8 Å². The Kier molecular flexibility index (Phi) is 19.7. The lowest BCUT2D eigenvalue weighted by molar-refractivity contribution is -0.385. The summed E-state index contributed by atoms with van der Waals surface area (Å²) in [4.78, 5) is 87.8. The molecule has 2 aromatic heterocycles. The summed E-state index contributed by atoms with van der Waals surface area (Å²) in [7, 11) is -6.66. The zero-order valence-electron chi connectivity index (χ0n) is 41.9.